The molecule has 2 aromatic carbocycles. The van der Waals surface area contributed by atoms with E-state index < -0.39 is 11.0 Å². The van der Waals surface area contributed by atoms with E-state index in [1.807, 2.05) is 63.2 Å². The molecule has 0 aliphatic heterocycles. The molecule has 3 rings (SSSR count). The van der Waals surface area contributed by atoms with Crippen molar-refractivity contribution in [3.8, 4) is 6.07 Å². The molecule has 0 saturated heterocycles. The minimum Gasteiger partial charge on any atom is -0.460 e. The third-order valence-corrected chi connectivity index (χ3v) is 4.12. The highest BCUT2D eigenvalue weighted by atomic mass is 16.6. The van der Waals surface area contributed by atoms with Gasteiger partial charge in [-0.1, -0.05) is 42.5 Å². The molecule has 0 aromatic heterocycles. The molecular weight excluding hydrogens is 274 g/mol. The zero-order chi connectivity index (χ0) is 16.0. The van der Waals surface area contributed by atoms with Gasteiger partial charge in [-0.15, -0.1) is 0 Å². The largest absolute Gasteiger partial charge is 0.460 e. The fraction of sp³-hybridized carbons (Fsp3) is 0.368. The lowest BCUT2D eigenvalue weighted by Crippen LogP contribution is -2.27. The van der Waals surface area contributed by atoms with E-state index in [-0.39, 0.29) is 11.9 Å². The second-order valence-electron chi connectivity index (χ2n) is 6.90. The molecule has 0 spiro atoms. The van der Waals surface area contributed by atoms with Crippen LogP contribution in [0.4, 0.5) is 0 Å². The van der Waals surface area contributed by atoms with Gasteiger partial charge in [-0.25, -0.2) is 0 Å². The number of nitrogens with zero attached hydrogens (tertiary/aromatic N) is 1. The predicted molar refractivity (Wildman–Crippen MR) is 85.2 cm³/mol. The summed E-state index contributed by atoms with van der Waals surface area (Å²) in [6.45, 7) is 5.54. The number of hydrogen-bond donors (Lipinski definition) is 0. The van der Waals surface area contributed by atoms with Gasteiger partial charge in [0.1, 0.15) is 5.60 Å². The Labute approximate surface area is 130 Å². The molecule has 1 aliphatic rings. The van der Waals surface area contributed by atoms with Crippen LogP contribution in [0.2, 0.25) is 0 Å². The average molecular weight is 293 g/mol. The lowest BCUT2D eigenvalue weighted by atomic mass is 9.90. The molecule has 112 valence electrons. The highest BCUT2D eigenvalue weighted by Gasteiger charge is 2.62. The summed E-state index contributed by atoms with van der Waals surface area (Å²) in [5.41, 5.74) is -0.341. The van der Waals surface area contributed by atoms with Crippen LogP contribution in [0.25, 0.3) is 10.8 Å². The second-order valence-corrected chi connectivity index (χ2v) is 6.90. The first-order valence-electron chi connectivity index (χ1n) is 7.50. The van der Waals surface area contributed by atoms with Crippen molar-refractivity contribution in [3.05, 3.63) is 48.0 Å². The predicted octanol–water partition coefficient (Wildman–Crippen LogP) is 3.96. The molecule has 2 atom stereocenters. The fourth-order valence-electron chi connectivity index (χ4n) is 3.02. The van der Waals surface area contributed by atoms with E-state index in [1.54, 1.807) is 0 Å². The molecule has 1 fully saturated rings. The Morgan fingerprint density at radius 1 is 1.23 bits per heavy atom. The van der Waals surface area contributed by atoms with E-state index in [0.29, 0.717) is 6.42 Å². The summed E-state index contributed by atoms with van der Waals surface area (Å²) in [5, 5.41) is 11.9. The smallest absolute Gasteiger partial charge is 0.311 e. The first kappa shape index (κ1) is 14.6. The Morgan fingerprint density at radius 2 is 1.91 bits per heavy atom. The van der Waals surface area contributed by atoms with Gasteiger partial charge in [0.05, 0.1) is 17.4 Å². The van der Waals surface area contributed by atoms with Gasteiger partial charge in [0, 0.05) is 0 Å². The standard InChI is InChI=1S/C19H19NO2/c1-18(2,3)22-17(21)16-11-19(16,12-20)15-10-6-8-13-7-4-5-9-14(13)15/h4-10,16H,11H2,1-3H3. The van der Waals surface area contributed by atoms with Gasteiger partial charge in [0.2, 0.25) is 0 Å². The maximum Gasteiger partial charge on any atom is 0.311 e. The first-order valence-corrected chi connectivity index (χ1v) is 7.50. The molecule has 0 bridgehead atoms. The molecule has 0 amide bonds. The van der Waals surface area contributed by atoms with Crippen molar-refractivity contribution >= 4 is 16.7 Å². The van der Waals surface area contributed by atoms with Crippen molar-refractivity contribution in [2.75, 3.05) is 0 Å². The fourth-order valence-corrected chi connectivity index (χ4v) is 3.02. The number of fused-ring (bicyclic) bond motifs is 1. The molecule has 22 heavy (non-hydrogen) atoms. The summed E-state index contributed by atoms with van der Waals surface area (Å²) in [6.07, 6.45) is 0.534. The molecule has 2 unspecified atom stereocenters. The van der Waals surface area contributed by atoms with Crippen molar-refractivity contribution in [3.63, 3.8) is 0 Å². The Kier molecular flexibility index (Phi) is 3.21. The molecule has 1 aliphatic carbocycles. The number of nitriles is 1. The van der Waals surface area contributed by atoms with E-state index in [4.69, 9.17) is 4.74 Å². The first-order chi connectivity index (χ1) is 10.4. The molecule has 0 N–H and O–H groups in total. The SMILES string of the molecule is CC(C)(C)OC(=O)C1CC1(C#N)c1cccc2ccccc12. The lowest BCUT2D eigenvalue weighted by molar-refractivity contribution is -0.156. The van der Waals surface area contributed by atoms with Crippen LogP contribution in [0.5, 0.6) is 0 Å². The van der Waals surface area contributed by atoms with Gasteiger partial charge in [-0.2, -0.15) is 5.26 Å². The maximum atomic E-state index is 12.3. The van der Waals surface area contributed by atoms with Crippen LogP contribution >= 0.6 is 0 Å². The maximum absolute atomic E-state index is 12.3. The molecule has 3 nitrogen and oxygen atoms in total. The Morgan fingerprint density at radius 3 is 2.59 bits per heavy atom. The molecular formula is C19H19NO2. The van der Waals surface area contributed by atoms with Gasteiger partial charge < -0.3 is 4.74 Å². The van der Waals surface area contributed by atoms with Crippen molar-refractivity contribution < 1.29 is 9.53 Å². The highest BCUT2D eigenvalue weighted by molar-refractivity contribution is 5.90. The summed E-state index contributed by atoms with van der Waals surface area (Å²) >= 11 is 0. The summed E-state index contributed by atoms with van der Waals surface area (Å²) in [7, 11) is 0. The van der Waals surface area contributed by atoms with Gasteiger partial charge in [-0.05, 0) is 43.5 Å². The minimum atomic E-state index is -0.747. The zero-order valence-corrected chi connectivity index (χ0v) is 13.1. The number of esters is 1. The Bertz CT molecular complexity index is 777. The third kappa shape index (κ3) is 2.35. The molecule has 2 aromatic rings. The third-order valence-electron chi connectivity index (χ3n) is 4.12. The molecule has 0 radical (unpaired) electrons. The van der Waals surface area contributed by atoms with Crippen LogP contribution in [0.3, 0.4) is 0 Å². The second kappa shape index (κ2) is 4.84. The van der Waals surface area contributed by atoms with Gasteiger partial charge in [0.25, 0.3) is 0 Å². The molecule has 0 heterocycles. The Hall–Kier alpha value is -2.34. The van der Waals surface area contributed by atoms with Crippen molar-refractivity contribution in [2.45, 2.75) is 38.2 Å². The van der Waals surface area contributed by atoms with Crippen LogP contribution in [0.1, 0.15) is 32.8 Å². The number of hydrogen-bond acceptors (Lipinski definition) is 3. The van der Waals surface area contributed by atoms with Crippen LogP contribution < -0.4 is 0 Å². The van der Waals surface area contributed by atoms with Gasteiger partial charge in [0.15, 0.2) is 0 Å². The van der Waals surface area contributed by atoms with Crippen LogP contribution in [-0.4, -0.2) is 11.6 Å². The van der Waals surface area contributed by atoms with Crippen LogP contribution in [-0.2, 0) is 14.9 Å². The summed E-state index contributed by atoms with van der Waals surface area (Å²) in [5.74, 6) is -0.649. The van der Waals surface area contributed by atoms with Crippen molar-refractivity contribution in [2.24, 2.45) is 5.92 Å². The Balaban J connectivity index is 2.00. The monoisotopic (exact) mass is 293 g/mol. The van der Waals surface area contributed by atoms with E-state index in [0.717, 1.165) is 16.3 Å². The molecule has 3 heteroatoms. The zero-order valence-electron chi connectivity index (χ0n) is 13.1. The van der Waals surface area contributed by atoms with E-state index in [1.165, 1.54) is 0 Å². The summed E-state index contributed by atoms with van der Waals surface area (Å²) in [4.78, 5) is 12.3. The number of benzene rings is 2. The number of ether oxygens (including phenoxy) is 1. The quantitative estimate of drug-likeness (QED) is 0.787. The van der Waals surface area contributed by atoms with E-state index in [9.17, 15) is 10.1 Å². The summed E-state index contributed by atoms with van der Waals surface area (Å²) < 4.78 is 5.46. The number of carbonyl (C=O) groups excluding carboxylic acids is 1. The molecule has 1 saturated carbocycles. The van der Waals surface area contributed by atoms with Crippen molar-refractivity contribution in [1.29, 1.82) is 5.26 Å². The van der Waals surface area contributed by atoms with Crippen molar-refractivity contribution in [1.82, 2.24) is 0 Å². The van der Waals surface area contributed by atoms with Gasteiger partial charge in [-0.3, -0.25) is 4.79 Å². The lowest BCUT2D eigenvalue weighted by Gasteiger charge is -2.20. The minimum absolute atomic E-state index is 0.276. The van der Waals surface area contributed by atoms with Crippen LogP contribution in [0, 0.1) is 17.2 Å². The number of carbonyl (C=O) groups is 1. The van der Waals surface area contributed by atoms with Crippen LogP contribution in [0.15, 0.2) is 42.5 Å². The number of rotatable bonds is 2. The average Bonchev–Trinajstić information content (AvgIpc) is 3.21. The van der Waals surface area contributed by atoms with E-state index >= 15 is 0 Å². The highest BCUT2D eigenvalue weighted by Crippen LogP contribution is 2.56. The normalized spacial score (nSPS) is 23.8. The summed E-state index contributed by atoms with van der Waals surface area (Å²) in [6, 6.07) is 16.3. The van der Waals surface area contributed by atoms with E-state index in [2.05, 4.69) is 6.07 Å². The topological polar surface area (TPSA) is 50.1 Å². The van der Waals surface area contributed by atoms with Gasteiger partial charge >= 0.3 is 5.97 Å².